The summed E-state index contributed by atoms with van der Waals surface area (Å²) in [5.74, 6) is -0.183. The minimum Gasteiger partial charge on any atom is -0.466 e. The fourth-order valence-corrected chi connectivity index (χ4v) is 11.4. The second-order valence-corrected chi connectivity index (χ2v) is 25.3. The third-order valence-electron chi connectivity index (χ3n) is 17.2. The van der Waals surface area contributed by atoms with Crippen LogP contribution in [0.4, 0.5) is 0 Å². The predicted octanol–water partition coefficient (Wildman–Crippen LogP) is 18.7. The zero-order chi connectivity index (χ0) is 61.6. The Labute approximate surface area is 523 Å². The van der Waals surface area contributed by atoms with Crippen LogP contribution >= 0.6 is 0 Å². The summed E-state index contributed by atoms with van der Waals surface area (Å²) in [7, 11) is 0. The first kappa shape index (κ1) is 80.6. The first-order valence-electron chi connectivity index (χ1n) is 36.4. The van der Waals surface area contributed by atoms with Crippen LogP contribution in [0.15, 0.2) is 48.6 Å². The van der Waals surface area contributed by atoms with E-state index in [9.17, 15) is 35.1 Å². The maximum absolute atomic E-state index is 13.0. The molecule has 7 atom stereocenters. The lowest BCUT2D eigenvalue weighted by Gasteiger charge is -2.40. The lowest BCUT2D eigenvalue weighted by Crippen LogP contribution is -2.60. The van der Waals surface area contributed by atoms with Crippen molar-refractivity contribution in [2.45, 2.75) is 391 Å². The van der Waals surface area contributed by atoms with Gasteiger partial charge in [0.05, 0.1) is 32.0 Å². The molecule has 6 N–H and O–H groups in total. The minimum absolute atomic E-state index is 0.00287. The van der Waals surface area contributed by atoms with Crippen molar-refractivity contribution in [3.05, 3.63) is 48.6 Å². The van der Waals surface area contributed by atoms with Crippen LogP contribution in [0.3, 0.4) is 0 Å². The van der Waals surface area contributed by atoms with Gasteiger partial charge in [0.2, 0.25) is 5.91 Å². The minimum atomic E-state index is -1.57. The number of aliphatic hydroxyl groups is 5. The van der Waals surface area contributed by atoms with Gasteiger partial charge in [0.15, 0.2) is 6.29 Å². The maximum atomic E-state index is 13.0. The number of nitrogens with one attached hydrogen (secondary N) is 1. The van der Waals surface area contributed by atoms with Gasteiger partial charge >= 0.3 is 5.97 Å². The van der Waals surface area contributed by atoms with Crippen molar-refractivity contribution in [1.29, 1.82) is 0 Å². The van der Waals surface area contributed by atoms with E-state index in [4.69, 9.17) is 14.2 Å². The topological polar surface area (TPSA) is 175 Å². The van der Waals surface area contributed by atoms with Gasteiger partial charge in [-0.15, -0.1) is 0 Å². The standard InChI is InChI=1S/C74H137NO10/c1-3-5-7-9-11-13-14-15-16-36-39-42-46-50-54-58-62-70(79)83-63-59-55-51-47-43-40-37-34-32-30-28-26-24-22-20-18-17-19-21-23-25-27-29-31-33-35-38-41-45-49-53-57-61-69(78)75-66(67(77)60-56-52-48-44-12-10-8-6-4-2)65-84-74-73(82)72(81)71(80)68(64-76)85-74/h13-14,16,20,22,36,56,60,66-68,71-74,76-77,80-82H,3-12,15,17-19,21,23-35,37-55,57-59,61-65H2,1-2H3,(H,75,78)/b14-13-,22-20-,36-16-,60-56+. The van der Waals surface area contributed by atoms with Gasteiger partial charge in [0.25, 0.3) is 0 Å². The molecular weight excluding hydrogens is 1060 g/mol. The highest BCUT2D eigenvalue weighted by Crippen LogP contribution is 2.23. The van der Waals surface area contributed by atoms with E-state index < -0.39 is 49.5 Å². The zero-order valence-corrected chi connectivity index (χ0v) is 55.3. The third-order valence-corrected chi connectivity index (χ3v) is 17.2. The Morgan fingerprint density at radius 2 is 0.788 bits per heavy atom. The van der Waals surface area contributed by atoms with Crippen LogP contribution in [0.1, 0.15) is 348 Å². The second kappa shape index (κ2) is 63.2. The summed E-state index contributed by atoms with van der Waals surface area (Å²) in [6, 6.07) is -0.807. The van der Waals surface area contributed by atoms with Gasteiger partial charge in [-0.1, -0.05) is 294 Å². The zero-order valence-electron chi connectivity index (χ0n) is 55.3. The van der Waals surface area contributed by atoms with Crippen LogP contribution in [-0.4, -0.2) is 100 Å². The van der Waals surface area contributed by atoms with E-state index >= 15 is 0 Å². The molecule has 1 rings (SSSR count). The molecule has 1 amide bonds. The molecule has 1 aliphatic heterocycles. The van der Waals surface area contributed by atoms with Crippen LogP contribution in [0.2, 0.25) is 0 Å². The fraction of sp³-hybridized carbons (Fsp3) is 0.865. The van der Waals surface area contributed by atoms with E-state index in [1.165, 1.54) is 257 Å². The van der Waals surface area contributed by atoms with Crippen LogP contribution in [0.25, 0.3) is 0 Å². The number of ether oxygens (including phenoxy) is 3. The van der Waals surface area contributed by atoms with Crippen LogP contribution in [-0.2, 0) is 23.8 Å². The summed E-state index contributed by atoms with van der Waals surface area (Å²) >= 11 is 0. The number of carbonyl (C=O) groups is 2. The summed E-state index contributed by atoms with van der Waals surface area (Å²) in [5.41, 5.74) is 0. The second-order valence-electron chi connectivity index (χ2n) is 25.3. The number of esters is 1. The molecule has 0 aromatic carbocycles. The Bertz CT molecular complexity index is 1550. The highest BCUT2D eigenvalue weighted by Gasteiger charge is 2.44. The Morgan fingerprint density at radius 3 is 1.21 bits per heavy atom. The van der Waals surface area contributed by atoms with Crippen LogP contribution in [0.5, 0.6) is 0 Å². The van der Waals surface area contributed by atoms with Crippen molar-refractivity contribution >= 4 is 11.9 Å². The van der Waals surface area contributed by atoms with Crippen molar-refractivity contribution in [1.82, 2.24) is 5.32 Å². The van der Waals surface area contributed by atoms with Crippen molar-refractivity contribution < 1.29 is 49.3 Å². The number of hydrogen-bond acceptors (Lipinski definition) is 10. The third kappa shape index (κ3) is 52.1. The molecule has 498 valence electrons. The molecule has 0 radical (unpaired) electrons. The molecule has 0 aromatic heterocycles. The molecule has 0 aliphatic carbocycles. The molecule has 0 aromatic rings. The molecule has 85 heavy (non-hydrogen) atoms. The quantitative estimate of drug-likeness (QED) is 0.0195. The molecule has 0 bridgehead atoms. The van der Waals surface area contributed by atoms with Crippen LogP contribution < -0.4 is 5.32 Å². The molecule has 0 spiro atoms. The number of amides is 1. The van der Waals surface area contributed by atoms with Crippen molar-refractivity contribution in [2.24, 2.45) is 0 Å². The van der Waals surface area contributed by atoms with Crippen molar-refractivity contribution in [3.8, 4) is 0 Å². The SMILES string of the molecule is CCCCCC/C=C\C/C=C\CCCCCCCC(=O)OCCCCCCCCCCCCCC/C=C\CCCCCCCCCCCCCCCCCCC(=O)NC(COC1OC(CO)C(O)C(O)C1O)C(O)/C=C/CCCCCCCCC. The average Bonchev–Trinajstić information content (AvgIpc) is 3.31. The monoisotopic (exact) mass is 1200 g/mol. The Morgan fingerprint density at radius 1 is 0.435 bits per heavy atom. The summed E-state index contributed by atoms with van der Waals surface area (Å²) in [4.78, 5) is 25.1. The van der Waals surface area contributed by atoms with E-state index in [-0.39, 0.29) is 18.5 Å². The lowest BCUT2D eigenvalue weighted by molar-refractivity contribution is -0.302. The Balaban J connectivity index is 1.89. The van der Waals surface area contributed by atoms with E-state index in [1.54, 1.807) is 6.08 Å². The number of hydrogen-bond donors (Lipinski definition) is 6. The summed E-state index contributed by atoms with van der Waals surface area (Å²) < 4.78 is 16.7. The lowest BCUT2D eigenvalue weighted by atomic mass is 9.99. The molecule has 1 fully saturated rings. The molecule has 1 heterocycles. The number of aliphatic hydroxyl groups excluding tert-OH is 5. The van der Waals surface area contributed by atoms with Gasteiger partial charge in [-0.05, 0) is 89.9 Å². The van der Waals surface area contributed by atoms with Crippen LogP contribution in [0, 0.1) is 0 Å². The van der Waals surface area contributed by atoms with Gasteiger partial charge < -0.3 is 45.1 Å². The highest BCUT2D eigenvalue weighted by molar-refractivity contribution is 5.76. The van der Waals surface area contributed by atoms with Gasteiger partial charge in [-0.3, -0.25) is 9.59 Å². The maximum Gasteiger partial charge on any atom is 0.305 e. The van der Waals surface area contributed by atoms with E-state index in [0.717, 1.165) is 64.2 Å². The summed E-state index contributed by atoms with van der Waals surface area (Å²) in [5, 5.41) is 54.3. The molecule has 1 aliphatic rings. The molecule has 0 saturated carbocycles. The molecule has 11 heteroatoms. The van der Waals surface area contributed by atoms with Gasteiger partial charge in [0, 0.05) is 12.8 Å². The van der Waals surface area contributed by atoms with E-state index in [0.29, 0.717) is 19.4 Å². The number of unbranched alkanes of at least 4 members (excludes halogenated alkanes) is 44. The van der Waals surface area contributed by atoms with Gasteiger partial charge in [0.1, 0.15) is 24.4 Å². The van der Waals surface area contributed by atoms with Gasteiger partial charge in [-0.2, -0.15) is 0 Å². The largest absolute Gasteiger partial charge is 0.466 e. The van der Waals surface area contributed by atoms with E-state index in [2.05, 4.69) is 55.6 Å². The number of allylic oxidation sites excluding steroid dienone is 7. The van der Waals surface area contributed by atoms with Crippen molar-refractivity contribution in [3.63, 3.8) is 0 Å². The fourth-order valence-electron chi connectivity index (χ4n) is 11.4. The molecule has 11 nitrogen and oxygen atoms in total. The highest BCUT2D eigenvalue weighted by atomic mass is 16.7. The molecular formula is C74H137NO10. The molecule has 7 unspecified atom stereocenters. The summed E-state index contributed by atoms with van der Waals surface area (Å²) in [6.45, 7) is 4.32. The smallest absolute Gasteiger partial charge is 0.305 e. The van der Waals surface area contributed by atoms with Gasteiger partial charge in [-0.25, -0.2) is 0 Å². The predicted molar refractivity (Wildman–Crippen MR) is 357 cm³/mol. The van der Waals surface area contributed by atoms with Crippen molar-refractivity contribution in [2.75, 3.05) is 19.8 Å². The van der Waals surface area contributed by atoms with E-state index in [1.807, 2.05) is 6.08 Å². The number of carbonyl (C=O) groups excluding carboxylic acids is 2. The Hall–Kier alpha value is -2.38. The summed E-state index contributed by atoms with van der Waals surface area (Å²) in [6.07, 6.45) is 72.7. The average molecular weight is 1200 g/mol. The normalized spacial score (nSPS) is 18.2. The molecule has 1 saturated heterocycles. The number of rotatable bonds is 64. The first-order valence-corrected chi connectivity index (χ1v) is 36.4. The first-order chi connectivity index (χ1) is 41.7. The Kier molecular flexibility index (Phi) is 60.0.